The molecule has 0 heterocycles. The van der Waals surface area contributed by atoms with Crippen LogP contribution >= 0.6 is 0 Å². The van der Waals surface area contributed by atoms with Gasteiger partial charge in [-0.1, -0.05) is 64.4 Å². The van der Waals surface area contributed by atoms with Crippen molar-refractivity contribution in [2.45, 2.75) is 72.0 Å². The summed E-state index contributed by atoms with van der Waals surface area (Å²) in [5.74, 6) is 0.987. The van der Waals surface area contributed by atoms with Crippen LogP contribution in [0.1, 0.15) is 57.2 Å². The van der Waals surface area contributed by atoms with E-state index in [1.54, 1.807) is 0 Å². The number of aryl methyl sites for hydroxylation is 2. The van der Waals surface area contributed by atoms with Crippen molar-refractivity contribution in [2.75, 3.05) is 0 Å². The Hall–Kier alpha value is -2.57. The van der Waals surface area contributed by atoms with E-state index in [9.17, 15) is 5.26 Å². The van der Waals surface area contributed by atoms with Crippen molar-refractivity contribution < 1.29 is 4.43 Å². The topological polar surface area (TPSA) is 33.0 Å². The Bertz CT molecular complexity index is 1110. The molecule has 0 saturated heterocycles. The van der Waals surface area contributed by atoms with Gasteiger partial charge in [-0.05, 0) is 83.7 Å². The highest BCUT2D eigenvalue weighted by atomic mass is 28.4. The first-order chi connectivity index (χ1) is 14.6. The van der Waals surface area contributed by atoms with E-state index in [4.69, 9.17) is 4.43 Å². The van der Waals surface area contributed by atoms with Crippen molar-refractivity contribution in [2.24, 2.45) is 0 Å². The largest absolute Gasteiger partial charge is 0.543 e. The molecule has 0 aliphatic carbocycles. The SMILES string of the molecule is CCCCc1ccc(O[Si](C)(C)C(C)(C)C)c2c(-c3ccc(C#N)cc3)cc(C)cc12. The molecular formula is C28H35NOSi. The highest BCUT2D eigenvalue weighted by Crippen LogP contribution is 2.43. The van der Waals surface area contributed by atoms with E-state index >= 15 is 0 Å². The maximum absolute atomic E-state index is 9.22. The molecule has 0 aromatic heterocycles. The molecule has 3 aromatic carbocycles. The molecule has 0 aliphatic rings. The summed E-state index contributed by atoms with van der Waals surface area (Å²) in [5.41, 5.74) is 5.63. The molecule has 0 amide bonds. The van der Waals surface area contributed by atoms with Crippen LogP contribution in [0.3, 0.4) is 0 Å². The van der Waals surface area contributed by atoms with Gasteiger partial charge in [-0.3, -0.25) is 0 Å². The van der Waals surface area contributed by atoms with Gasteiger partial charge in [0.15, 0.2) is 0 Å². The van der Waals surface area contributed by atoms with Crippen LogP contribution in [0.25, 0.3) is 21.9 Å². The molecule has 2 nitrogen and oxygen atoms in total. The van der Waals surface area contributed by atoms with Gasteiger partial charge in [0.25, 0.3) is 8.32 Å². The van der Waals surface area contributed by atoms with E-state index in [0.717, 1.165) is 17.7 Å². The van der Waals surface area contributed by atoms with E-state index in [-0.39, 0.29) is 5.04 Å². The van der Waals surface area contributed by atoms with Crippen LogP contribution in [0, 0.1) is 18.3 Å². The van der Waals surface area contributed by atoms with Gasteiger partial charge in [-0.15, -0.1) is 0 Å². The normalized spacial score (nSPS) is 12.1. The van der Waals surface area contributed by atoms with Gasteiger partial charge < -0.3 is 4.43 Å². The van der Waals surface area contributed by atoms with Gasteiger partial charge in [0.05, 0.1) is 11.6 Å². The Morgan fingerprint density at radius 2 is 1.68 bits per heavy atom. The quantitative estimate of drug-likeness (QED) is 0.368. The van der Waals surface area contributed by atoms with Crippen molar-refractivity contribution in [3.63, 3.8) is 0 Å². The average Bonchev–Trinajstić information content (AvgIpc) is 2.71. The highest BCUT2D eigenvalue weighted by molar-refractivity contribution is 6.74. The summed E-state index contributed by atoms with van der Waals surface area (Å²) in [6, 6.07) is 19.2. The number of fused-ring (bicyclic) bond motifs is 1. The Morgan fingerprint density at radius 1 is 1.00 bits per heavy atom. The van der Waals surface area contributed by atoms with E-state index in [1.165, 1.54) is 40.3 Å². The lowest BCUT2D eigenvalue weighted by molar-refractivity contribution is 0.496. The third-order valence-electron chi connectivity index (χ3n) is 6.61. The molecule has 0 bridgehead atoms. The number of hydrogen-bond donors (Lipinski definition) is 0. The van der Waals surface area contributed by atoms with Gasteiger partial charge in [0.2, 0.25) is 0 Å². The van der Waals surface area contributed by atoms with Gasteiger partial charge in [0.1, 0.15) is 5.75 Å². The maximum atomic E-state index is 9.22. The fourth-order valence-corrected chi connectivity index (χ4v) is 4.73. The zero-order valence-corrected chi connectivity index (χ0v) is 21.1. The van der Waals surface area contributed by atoms with Crippen LogP contribution in [0.15, 0.2) is 48.5 Å². The van der Waals surface area contributed by atoms with E-state index in [0.29, 0.717) is 5.56 Å². The summed E-state index contributed by atoms with van der Waals surface area (Å²) in [7, 11) is -2.00. The van der Waals surface area contributed by atoms with Gasteiger partial charge in [-0.2, -0.15) is 5.26 Å². The van der Waals surface area contributed by atoms with Crippen molar-refractivity contribution in [3.05, 3.63) is 65.2 Å². The summed E-state index contributed by atoms with van der Waals surface area (Å²) in [6.07, 6.45) is 3.43. The van der Waals surface area contributed by atoms with Crippen LogP contribution in [-0.2, 0) is 6.42 Å². The number of hydrogen-bond acceptors (Lipinski definition) is 2. The summed E-state index contributed by atoms with van der Waals surface area (Å²) in [5, 5.41) is 11.8. The second-order valence-corrected chi connectivity index (χ2v) is 14.8. The fourth-order valence-electron chi connectivity index (χ4n) is 3.70. The van der Waals surface area contributed by atoms with Crippen molar-refractivity contribution in [1.82, 2.24) is 0 Å². The predicted octanol–water partition coefficient (Wildman–Crippen LogP) is 8.41. The first-order valence-corrected chi connectivity index (χ1v) is 14.2. The fraction of sp³-hybridized carbons (Fsp3) is 0.393. The highest BCUT2D eigenvalue weighted by Gasteiger charge is 2.39. The molecule has 162 valence electrons. The van der Waals surface area contributed by atoms with Crippen molar-refractivity contribution in [3.8, 4) is 22.9 Å². The average molecular weight is 430 g/mol. The first kappa shape index (κ1) is 23.1. The molecule has 3 aromatic rings. The molecule has 31 heavy (non-hydrogen) atoms. The summed E-state index contributed by atoms with van der Waals surface area (Å²) >= 11 is 0. The standard InChI is InChI=1S/C28H35NOSi/c1-8-9-10-22-15-16-26(30-31(6,7)28(3,4)5)27-24(22)17-20(2)18-25(27)23-13-11-21(19-29)12-14-23/h11-18H,8-10H2,1-7H3. The third kappa shape index (κ3) is 4.86. The maximum Gasteiger partial charge on any atom is 0.250 e. The van der Waals surface area contributed by atoms with Gasteiger partial charge in [0, 0.05) is 5.39 Å². The molecule has 0 fully saturated rings. The Kier molecular flexibility index (Phi) is 6.62. The third-order valence-corrected chi connectivity index (χ3v) is 10.9. The van der Waals surface area contributed by atoms with Crippen molar-refractivity contribution in [1.29, 1.82) is 5.26 Å². The lowest BCUT2D eigenvalue weighted by atomic mass is 9.91. The van der Waals surface area contributed by atoms with Crippen LogP contribution in [0.4, 0.5) is 0 Å². The molecule has 0 aliphatic heterocycles. The summed E-state index contributed by atoms with van der Waals surface area (Å²) < 4.78 is 6.87. The lowest BCUT2D eigenvalue weighted by Crippen LogP contribution is -2.43. The van der Waals surface area contributed by atoms with Gasteiger partial charge >= 0.3 is 0 Å². The van der Waals surface area contributed by atoms with E-state index in [2.05, 4.69) is 90.2 Å². The van der Waals surface area contributed by atoms with Crippen LogP contribution < -0.4 is 4.43 Å². The smallest absolute Gasteiger partial charge is 0.250 e. The van der Waals surface area contributed by atoms with E-state index < -0.39 is 8.32 Å². The molecule has 3 heteroatoms. The minimum Gasteiger partial charge on any atom is -0.543 e. The molecule has 0 saturated carbocycles. The number of nitriles is 1. The van der Waals surface area contributed by atoms with Gasteiger partial charge in [-0.25, -0.2) is 0 Å². The minimum atomic E-state index is -2.00. The number of unbranched alkanes of at least 4 members (excludes halogenated alkanes) is 1. The molecule has 0 radical (unpaired) electrons. The first-order valence-electron chi connectivity index (χ1n) is 11.3. The molecular weight excluding hydrogens is 394 g/mol. The molecule has 0 N–H and O–H groups in total. The van der Waals surface area contributed by atoms with Crippen LogP contribution in [0.5, 0.6) is 5.75 Å². The number of rotatable bonds is 6. The minimum absolute atomic E-state index is 0.125. The summed E-state index contributed by atoms with van der Waals surface area (Å²) in [4.78, 5) is 0. The van der Waals surface area contributed by atoms with E-state index in [1.807, 2.05) is 12.1 Å². The number of benzene rings is 3. The molecule has 0 unspecified atom stereocenters. The molecule has 0 atom stereocenters. The zero-order chi connectivity index (χ0) is 22.8. The molecule has 3 rings (SSSR count). The predicted molar refractivity (Wildman–Crippen MR) is 135 cm³/mol. The summed E-state index contributed by atoms with van der Waals surface area (Å²) in [6.45, 7) is 15.9. The Labute approximate surface area is 189 Å². The van der Waals surface area contributed by atoms with Crippen LogP contribution in [0.2, 0.25) is 18.1 Å². The second-order valence-electron chi connectivity index (χ2n) is 10.1. The number of nitrogens with zero attached hydrogens (tertiary/aromatic N) is 1. The zero-order valence-electron chi connectivity index (χ0n) is 20.1. The van der Waals surface area contributed by atoms with Crippen molar-refractivity contribution >= 4 is 19.1 Å². The Morgan fingerprint density at radius 3 is 2.26 bits per heavy atom. The Balaban J connectivity index is 2.30. The lowest BCUT2D eigenvalue weighted by Gasteiger charge is -2.37. The van der Waals surface area contributed by atoms with Crippen LogP contribution in [-0.4, -0.2) is 8.32 Å². The second kappa shape index (κ2) is 8.89. The monoisotopic (exact) mass is 429 g/mol. The molecule has 0 spiro atoms.